The highest BCUT2D eigenvalue weighted by molar-refractivity contribution is 7.89. The van der Waals surface area contributed by atoms with Crippen molar-refractivity contribution in [1.82, 2.24) is 9.71 Å². The standard InChI is InChI=1S/C23H19ClN2O4S/c24-21-7-3-1-5-17(21)20(19-13-25-22-8-4-2-6-18(19)22)14-26-31(29,30)16-11-9-15(10-12-16)23(27)28/h1-13,20,25-26H,14H2,(H,27,28)/t20-/m0/s1. The van der Waals surface area contributed by atoms with E-state index >= 15 is 0 Å². The normalized spacial score (nSPS) is 12.7. The molecule has 0 fully saturated rings. The van der Waals surface area contributed by atoms with Gasteiger partial charge in [-0.1, -0.05) is 48.0 Å². The van der Waals surface area contributed by atoms with Gasteiger partial charge in [-0.15, -0.1) is 0 Å². The molecule has 0 saturated carbocycles. The highest BCUT2D eigenvalue weighted by atomic mass is 35.5. The number of carboxylic acids is 1. The number of carbonyl (C=O) groups is 1. The number of hydrogen-bond acceptors (Lipinski definition) is 3. The average molecular weight is 455 g/mol. The summed E-state index contributed by atoms with van der Waals surface area (Å²) in [6.07, 6.45) is 1.87. The number of carboxylic acid groups (broad SMARTS) is 1. The zero-order valence-corrected chi connectivity index (χ0v) is 17.8. The molecule has 0 saturated heterocycles. The number of aromatic amines is 1. The van der Waals surface area contributed by atoms with Crippen LogP contribution in [0.15, 0.2) is 83.9 Å². The van der Waals surface area contributed by atoms with Crippen LogP contribution in [0, 0.1) is 0 Å². The molecule has 31 heavy (non-hydrogen) atoms. The Hall–Kier alpha value is -3.13. The summed E-state index contributed by atoms with van der Waals surface area (Å²) in [5.41, 5.74) is 2.69. The first kappa shape index (κ1) is 21.1. The minimum atomic E-state index is -3.86. The number of aromatic carboxylic acids is 1. The third kappa shape index (κ3) is 4.34. The lowest BCUT2D eigenvalue weighted by atomic mass is 9.91. The number of hydrogen-bond donors (Lipinski definition) is 3. The number of rotatable bonds is 7. The number of fused-ring (bicyclic) bond motifs is 1. The molecule has 1 heterocycles. The first-order valence-electron chi connectivity index (χ1n) is 9.50. The molecule has 8 heteroatoms. The van der Waals surface area contributed by atoms with Crippen molar-refractivity contribution in [2.45, 2.75) is 10.8 Å². The maximum Gasteiger partial charge on any atom is 0.335 e. The molecule has 1 atom stereocenters. The molecule has 0 radical (unpaired) electrons. The molecular formula is C23H19ClN2O4S. The second-order valence-corrected chi connectivity index (χ2v) is 9.22. The van der Waals surface area contributed by atoms with Crippen LogP contribution >= 0.6 is 11.6 Å². The summed E-state index contributed by atoms with van der Waals surface area (Å²) in [5, 5.41) is 10.5. The largest absolute Gasteiger partial charge is 0.478 e. The Morgan fingerprint density at radius 3 is 2.35 bits per heavy atom. The molecule has 3 N–H and O–H groups in total. The number of H-pyrrole nitrogens is 1. The minimum absolute atomic E-state index is 0.00525. The average Bonchev–Trinajstić information content (AvgIpc) is 3.19. The van der Waals surface area contributed by atoms with Gasteiger partial charge in [-0.05, 0) is 47.5 Å². The van der Waals surface area contributed by atoms with Crippen LogP contribution in [0.3, 0.4) is 0 Å². The van der Waals surface area contributed by atoms with E-state index in [2.05, 4.69) is 9.71 Å². The zero-order chi connectivity index (χ0) is 22.0. The van der Waals surface area contributed by atoms with Crippen LogP contribution in [0.1, 0.15) is 27.4 Å². The van der Waals surface area contributed by atoms with Gasteiger partial charge in [-0.25, -0.2) is 17.9 Å². The van der Waals surface area contributed by atoms with Crippen molar-refractivity contribution in [3.8, 4) is 0 Å². The van der Waals surface area contributed by atoms with E-state index in [0.29, 0.717) is 5.02 Å². The molecule has 0 amide bonds. The Labute approximate surface area is 184 Å². The fraction of sp³-hybridized carbons (Fsp3) is 0.0870. The van der Waals surface area contributed by atoms with Crippen molar-refractivity contribution < 1.29 is 18.3 Å². The minimum Gasteiger partial charge on any atom is -0.478 e. The van der Waals surface area contributed by atoms with E-state index in [1.54, 1.807) is 6.07 Å². The summed E-state index contributed by atoms with van der Waals surface area (Å²) in [4.78, 5) is 14.2. The van der Waals surface area contributed by atoms with Gasteiger partial charge in [0.15, 0.2) is 0 Å². The van der Waals surface area contributed by atoms with E-state index < -0.39 is 16.0 Å². The van der Waals surface area contributed by atoms with Crippen LogP contribution in [0.5, 0.6) is 0 Å². The highest BCUT2D eigenvalue weighted by Crippen LogP contribution is 2.34. The van der Waals surface area contributed by atoms with Crippen LogP contribution < -0.4 is 4.72 Å². The van der Waals surface area contributed by atoms with E-state index in [0.717, 1.165) is 22.0 Å². The van der Waals surface area contributed by atoms with Gasteiger partial charge < -0.3 is 10.1 Å². The molecular weight excluding hydrogens is 436 g/mol. The molecule has 0 spiro atoms. The van der Waals surface area contributed by atoms with Gasteiger partial charge in [0.05, 0.1) is 10.5 Å². The van der Waals surface area contributed by atoms with Gasteiger partial charge in [-0.3, -0.25) is 0 Å². The molecule has 0 bridgehead atoms. The topological polar surface area (TPSA) is 99.3 Å². The van der Waals surface area contributed by atoms with Gasteiger partial charge in [0.25, 0.3) is 0 Å². The summed E-state index contributed by atoms with van der Waals surface area (Å²) in [6.45, 7) is 0.0780. The Morgan fingerprint density at radius 1 is 0.968 bits per heavy atom. The molecule has 4 aromatic rings. The number of halogens is 1. The Bertz CT molecular complexity index is 1350. The quantitative estimate of drug-likeness (QED) is 0.379. The summed E-state index contributed by atoms with van der Waals surface area (Å²) in [7, 11) is -3.86. The number of sulfonamides is 1. The first-order valence-corrected chi connectivity index (χ1v) is 11.4. The SMILES string of the molecule is O=C(O)c1ccc(S(=O)(=O)NC[C@@H](c2ccccc2Cl)c2c[nH]c3ccccc23)cc1. The molecule has 3 aromatic carbocycles. The Balaban J connectivity index is 1.68. The second kappa shape index (κ2) is 8.55. The fourth-order valence-electron chi connectivity index (χ4n) is 3.58. The van der Waals surface area contributed by atoms with E-state index in [1.165, 1.54) is 24.3 Å². The van der Waals surface area contributed by atoms with E-state index in [9.17, 15) is 13.2 Å². The molecule has 0 aliphatic heterocycles. The lowest BCUT2D eigenvalue weighted by Gasteiger charge is -2.19. The van der Waals surface area contributed by atoms with Crippen molar-refractivity contribution in [2.24, 2.45) is 0 Å². The lowest BCUT2D eigenvalue weighted by molar-refractivity contribution is 0.0696. The van der Waals surface area contributed by atoms with Gasteiger partial charge >= 0.3 is 5.97 Å². The third-order valence-electron chi connectivity index (χ3n) is 5.17. The third-order valence-corrected chi connectivity index (χ3v) is 6.95. The maximum absolute atomic E-state index is 12.9. The van der Waals surface area contributed by atoms with Crippen LogP contribution in [-0.4, -0.2) is 31.0 Å². The van der Waals surface area contributed by atoms with Crippen molar-refractivity contribution in [3.05, 3.63) is 101 Å². The molecule has 1 aromatic heterocycles. The Morgan fingerprint density at radius 2 is 1.65 bits per heavy atom. The van der Waals surface area contributed by atoms with E-state index in [4.69, 9.17) is 16.7 Å². The van der Waals surface area contributed by atoms with Gasteiger partial charge in [0.2, 0.25) is 10.0 Å². The van der Waals surface area contributed by atoms with Crippen molar-refractivity contribution in [2.75, 3.05) is 6.54 Å². The van der Waals surface area contributed by atoms with Gasteiger partial charge in [0.1, 0.15) is 0 Å². The van der Waals surface area contributed by atoms with Gasteiger partial charge in [0, 0.05) is 34.6 Å². The molecule has 4 rings (SSSR count). The summed E-state index contributed by atoms with van der Waals surface area (Å²) < 4.78 is 28.4. The number of para-hydroxylation sites is 1. The molecule has 0 unspecified atom stereocenters. The van der Waals surface area contributed by atoms with Crippen molar-refractivity contribution in [1.29, 1.82) is 0 Å². The zero-order valence-electron chi connectivity index (χ0n) is 16.2. The molecule has 0 aliphatic carbocycles. The summed E-state index contributed by atoms with van der Waals surface area (Å²) in [6, 6.07) is 20.2. The molecule has 0 aliphatic rings. The van der Waals surface area contributed by atoms with Gasteiger partial charge in [-0.2, -0.15) is 0 Å². The number of aromatic nitrogens is 1. The fourth-order valence-corrected chi connectivity index (χ4v) is 4.90. The monoisotopic (exact) mass is 454 g/mol. The van der Waals surface area contributed by atoms with Crippen LogP contribution in [-0.2, 0) is 10.0 Å². The molecule has 158 valence electrons. The van der Waals surface area contributed by atoms with E-state index in [-0.39, 0.29) is 22.9 Å². The van der Waals surface area contributed by atoms with Crippen molar-refractivity contribution in [3.63, 3.8) is 0 Å². The molecule has 6 nitrogen and oxygen atoms in total. The van der Waals surface area contributed by atoms with E-state index in [1.807, 2.05) is 48.7 Å². The van der Waals surface area contributed by atoms with Crippen molar-refractivity contribution >= 4 is 38.5 Å². The lowest BCUT2D eigenvalue weighted by Crippen LogP contribution is -2.29. The smallest absolute Gasteiger partial charge is 0.335 e. The predicted octanol–water partition coefficient (Wildman–Crippen LogP) is 4.63. The Kier molecular flexibility index (Phi) is 5.82. The number of benzene rings is 3. The second-order valence-electron chi connectivity index (χ2n) is 7.05. The highest BCUT2D eigenvalue weighted by Gasteiger charge is 2.23. The van der Waals surface area contributed by atoms with Crippen LogP contribution in [0.25, 0.3) is 10.9 Å². The number of nitrogens with one attached hydrogen (secondary N) is 2. The summed E-state index contributed by atoms with van der Waals surface area (Å²) in [5.74, 6) is -1.45. The first-order chi connectivity index (χ1) is 14.9. The van der Waals surface area contributed by atoms with Crippen LogP contribution in [0.2, 0.25) is 5.02 Å². The maximum atomic E-state index is 12.9. The summed E-state index contributed by atoms with van der Waals surface area (Å²) >= 11 is 6.46. The predicted molar refractivity (Wildman–Crippen MR) is 120 cm³/mol. The van der Waals surface area contributed by atoms with Crippen LogP contribution in [0.4, 0.5) is 0 Å².